The number of nitrogens with one attached hydrogen (secondary N) is 1. The van der Waals surface area contributed by atoms with Crippen LogP contribution in [0.2, 0.25) is 10.0 Å². The first kappa shape index (κ1) is 18.2. The Labute approximate surface area is 145 Å². The molecule has 0 fully saturated rings. The minimum atomic E-state index is -0.964. The normalized spacial score (nSPS) is 11.0. The molecule has 0 saturated heterocycles. The highest BCUT2D eigenvalue weighted by molar-refractivity contribution is 6.33. The Hall–Kier alpha value is -2.12. The molecular formula is C15H13Cl2FN2O4. The van der Waals surface area contributed by atoms with Crippen LogP contribution in [0.3, 0.4) is 0 Å². The van der Waals surface area contributed by atoms with Crippen LogP contribution in [0.4, 0.5) is 4.39 Å². The van der Waals surface area contributed by atoms with Crippen LogP contribution in [0.25, 0.3) is 5.69 Å². The summed E-state index contributed by atoms with van der Waals surface area (Å²) in [4.78, 5) is 38.6. The average Bonchev–Trinajstić information content (AvgIpc) is 2.46. The number of carbonyl (C=O) groups is 1. The summed E-state index contributed by atoms with van der Waals surface area (Å²) in [6.07, 6.45) is -0.429. The minimum Gasteiger partial charge on any atom is -0.459 e. The highest BCUT2D eigenvalue weighted by atomic mass is 35.5. The number of nitrogens with zero attached hydrogens (tertiary/aromatic N) is 1. The zero-order valence-electron chi connectivity index (χ0n) is 12.9. The largest absolute Gasteiger partial charge is 0.459 e. The van der Waals surface area contributed by atoms with Gasteiger partial charge in [0.1, 0.15) is 10.8 Å². The Morgan fingerprint density at radius 3 is 2.50 bits per heavy atom. The van der Waals surface area contributed by atoms with Crippen molar-refractivity contribution in [3.8, 4) is 5.69 Å². The van der Waals surface area contributed by atoms with Crippen molar-refractivity contribution >= 4 is 29.2 Å². The molecular weight excluding hydrogens is 362 g/mol. The van der Waals surface area contributed by atoms with E-state index in [1.165, 1.54) is 6.92 Å². The Morgan fingerprint density at radius 2 is 1.92 bits per heavy atom. The molecule has 1 aromatic carbocycles. The lowest BCUT2D eigenvalue weighted by Crippen LogP contribution is -2.35. The first-order chi connectivity index (χ1) is 11.1. The summed E-state index contributed by atoms with van der Waals surface area (Å²) >= 11 is 11.7. The molecule has 0 spiro atoms. The maximum atomic E-state index is 14.2. The van der Waals surface area contributed by atoms with Gasteiger partial charge >= 0.3 is 11.7 Å². The number of aryl methyl sites for hydroxylation is 1. The molecule has 128 valence electrons. The van der Waals surface area contributed by atoms with Crippen molar-refractivity contribution in [1.29, 1.82) is 0 Å². The molecule has 0 radical (unpaired) electrons. The molecule has 0 aliphatic heterocycles. The van der Waals surface area contributed by atoms with Crippen LogP contribution >= 0.6 is 23.2 Å². The Bertz CT molecular complexity index is 934. The van der Waals surface area contributed by atoms with Crippen molar-refractivity contribution in [3.63, 3.8) is 0 Å². The van der Waals surface area contributed by atoms with Gasteiger partial charge in [-0.05, 0) is 32.9 Å². The summed E-state index contributed by atoms with van der Waals surface area (Å²) in [6.45, 7) is 4.69. The van der Waals surface area contributed by atoms with Crippen LogP contribution in [-0.2, 0) is 4.74 Å². The number of hydrogen-bond acceptors (Lipinski definition) is 4. The fourth-order valence-electron chi connectivity index (χ4n) is 1.98. The highest BCUT2D eigenvalue weighted by Crippen LogP contribution is 2.23. The molecule has 2 aromatic rings. The Kier molecular flexibility index (Phi) is 5.15. The van der Waals surface area contributed by atoms with E-state index in [-0.39, 0.29) is 21.3 Å². The third kappa shape index (κ3) is 3.37. The van der Waals surface area contributed by atoms with E-state index in [1.54, 1.807) is 13.8 Å². The second-order valence-corrected chi connectivity index (χ2v) is 6.03. The quantitative estimate of drug-likeness (QED) is 0.837. The molecule has 1 heterocycles. The van der Waals surface area contributed by atoms with Crippen LogP contribution in [0.1, 0.15) is 29.9 Å². The molecule has 1 N–H and O–H groups in total. The number of esters is 1. The predicted octanol–water partition coefficient (Wildman–Crippen LogP) is 2.85. The second kappa shape index (κ2) is 6.78. The van der Waals surface area contributed by atoms with Crippen LogP contribution in [0, 0.1) is 12.7 Å². The summed E-state index contributed by atoms with van der Waals surface area (Å²) in [7, 11) is 0. The van der Waals surface area contributed by atoms with Gasteiger partial charge in [-0.15, -0.1) is 0 Å². The molecule has 0 amide bonds. The molecule has 6 nitrogen and oxygen atoms in total. The average molecular weight is 375 g/mol. The molecule has 0 saturated carbocycles. The van der Waals surface area contributed by atoms with E-state index < -0.39 is 34.8 Å². The van der Waals surface area contributed by atoms with Gasteiger partial charge in [0, 0.05) is 5.69 Å². The number of H-pyrrole nitrogens is 1. The lowest BCUT2D eigenvalue weighted by molar-refractivity contribution is 0.0378. The van der Waals surface area contributed by atoms with Gasteiger partial charge in [0.25, 0.3) is 5.56 Å². The topological polar surface area (TPSA) is 81.2 Å². The summed E-state index contributed by atoms with van der Waals surface area (Å²) in [5.41, 5.74) is -2.29. The summed E-state index contributed by atoms with van der Waals surface area (Å²) in [5, 5.41) is -0.472. The molecule has 9 heteroatoms. The zero-order chi connectivity index (χ0) is 18.2. The van der Waals surface area contributed by atoms with Crippen molar-refractivity contribution < 1.29 is 13.9 Å². The maximum absolute atomic E-state index is 14.2. The number of halogens is 3. The van der Waals surface area contributed by atoms with Gasteiger partial charge in [-0.3, -0.25) is 4.79 Å². The van der Waals surface area contributed by atoms with Crippen LogP contribution in [0.15, 0.2) is 21.7 Å². The highest BCUT2D eigenvalue weighted by Gasteiger charge is 2.21. The predicted molar refractivity (Wildman–Crippen MR) is 87.9 cm³/mol. The number of aromatic nitrogens is 2. The van der Waals surface area contributed by atoms with Gasteiger partial charge in [0.05, 0.1) is 22.4 Å². The minimum absolute atomic E-state index is 0.150. The number of aromatic amines is 1. The lowest BCUT2D eigenvalue weighted by atomic mass is 10.2. The second-order valence-electron chi connectivity index (χ2n) is 5.25. The summed E-state index contributed by atoms with van der Waals surface area (Å²) in [5.74, 6) is -1.77. The van der Waals surface area contributed by atoms with Crippen molar-refractivity contribution in [2.24, 2.45) is 0 Å². The molecule has 1 aromatic heterocycles. The first-order valence-electron chi connectivity index (χ1n) is 6.85. The van der Waals surface area contributed by atoms with Crippen molar-refractivity contribution in [2.75, 3.05) is 0 Å². The number of ether oxygens (including phenoxy) is 1. The number of carbonyl (C=O) groups excluding carboxylic acids is 1. The summed E-state index contributed by atoms with van der Waals surface area (Å²) in [6, 6.07) is 1.80. The van der Waals surface area contributed by atoms with Crippen molar-refractivity contribution in [2.45, 2.75) is 26.9 Å². The molecule has 0 bridgehead atoms. The van der Waals surface area contributed by atoms with Crippen molar-refractivity contribution in [1.82, 2.24) is 9.55 Å². The molecule has 2 rings (SSSR count). The Morgan fingerprint density at radius 1 is 1.29 bits per heavy atom. The van der Waals surface area contributed by atoms with E-state index in [1.807, 2.05) is 0 Å². The van der Waals surface area contributed by atoms with E-state index in [2.05, 4.69) is 4.98 Å². The van der Waals surface area contributed by atoms with Crippen LogP contribution < -0.4 is 11.2 Å². The van der Waals surface area contributed by atoms with E-state index in [0.717, 1.165) is 12.1 Å². The Balaban J connectivity index is 2.74. The van der Waals surface area contributed by atoms with Crippen molar-refractivity contribution in [3.05, 3.63) is 60.1 Å². The monoisotopic (exact) mass is 374 g/mol. The van der Waals surface area contributed by atoms with Gasteiger partial charge in [-0.25, -0.2) is 18.5 Å². The van der Waals surface area contributed by atoms with E-state index in [9.17, 15) is 18.8 Å². The smallest absolute Gasteiger partial charge is 0.339 e. The molecule has 0 atom stereocenters. The first-order valence-corrected chi connectivity index (χ1v) is 7.61. The van der Waals surface area contributed by atoms with Gasteiger partial charge < -0.3 is 9.72 Å². The van der Waals surface area contributed by atoms with E-state index in [0.29, 0.717) is 4.57 Å². The molecule has 0 aliphatic carbocycles. The van der Waals surface area contributed by atoms with Gasteiger partial charge in [0.15, 0.2) is 0 Å². The third-order valence-corrected chi connectivity index (χ3v) is 3.82. The van der Waals surface area contributed by atoms with Gasteiger partial charge in [-0.1, -0.05) is 23.2 Å². The fraction of sp³-hybridized carbons (Fsp3) is 0.267. The number of rotatable bonds is 3. The lowest BCUT2D eigenvalue weighted by Gasteiger charge is -2.12. The SMILES string of the molecule is Cc1[nH]c(=O)n(-c2cc(C(=O)OC(C)C)c(Cl)cc2F)c(=O)c1Cl. The third-order valence-electron chi connectivity index (χ3n) is 3.06. The van der Waals surface area contributed by atoms with Crippen LogP contribution in [0.5, 0.6) is 0 Å². The molecule has 0 aliphatic rings. The number of benzene rings is 1. The van der Waals surface area contributed by atoms with E-state index >= 15 is 0 Å². The van der Waals surface area contributed by atoms with Crippen LogP contribution in [-0.4, -0.2) is 21.6 Å². The standard InChI is InChI=1S/C15H13Cl2FN2O4/c1-6(2)24-14(22)8-4-11(10(18)5-9(8)16)20-13(21)12(17)7(3)19-15(20)23/h4-6H,1-3H3,(H,19,23). The number of hydrogen-bond donors (Lipinski definition) is 1. The summed E-state index contributed by atoms with van der Waals surface area (Å²) < 4.78 is 19.7. The molecule has 24 heavy (non-hydrogen) atoms. The van der Waals surface area contributed by atoms with Gasteiger partial charge in [0.2, 0.25) is 0 Å². The van der Waals surface area contributed by atoms with Gasteiger partial charge in [-0.2, -0.15) is 0 Å². The van der Waals surface area contributed by atoms with E-state index in [4.69, 9.17) is 27.9 Å². The maximum Gasteiger partial charge on any atom is 0.339 e. The zero-order valence-corrected chi connectivity index (χ0v) is 14.5. The molecule has 0 unspecified atom stereocenters. The fourth-order valence-corrected chi connectivity index (χ4v) is 2.34.